The second kappa shape index (κ2) is 13.8. The van der Waals surface area contributed by atoms with E-state index in [4.69, 9.17) is 20.2 Å². The van der Waals surface area contributed by atoms with Gasteiger partial charge in [0.05, 0.1) is 19.4 Å². The number of carbonyl (C=O) groups is 2. The molecule has 3 fully saturated rings. The first kappa shape index (κ1) is 30.2. The van der Waals surface area contributed by atoms with E-state index >= 15 is 0 Å². The maximum atomic E-state index is 13.0. The topological polar surface area (TPSA) is 144 Å². The number of allylic oxidation sites excluding steroid dienone is 3. The zero-order chi connectivity index (χ0) is 30.3. The van der Waals surface area contributed by atoms with Crippen LogP contribution in [-0.4, -0.2) is 66.4 Å². The molecular weight excluding hydrogens is 546 g/mol. The molecule has 0 unspecified atom stereocenters. The van der Waals surface area contributed by atoms with Crippen LogP contribution in [0.4, 0.5) is 17.3 Å². The highest BCUT2D eigenvalue weighted by molar-refractivity contribution is 5.96. The molecule has 1 aromatic heterocycles. The van der Waals surface area contributed by atoms with Crippen LogP contribution in [0.3, 0.4) is 0 Å². The largest absolute Gasteiger partial charge is 0.490 e. The zero-order valence-electron chi connectivity index (χ0n) is 24.9. The van der Waals surface area contributed by atoms with Crippen molar-refractivity contribution in [2.45, 2.75) is 70.6 Å². The van der Waals surface area contributed by atoms with Crippen molar-refractivity contribution in [2.24, 2.45) is 16.6 Å². The van der Waals surface area contributed by atoms with Gasteiger partial charge in [0.2, 0.25) is 5.91 Å². The van der Waals surface area contributed by atoms with Crippen molar-refractivity contribution in [3.8, 4) is 5.75 Å². The molecule has 2 atom stereocenters. The van der Waals surface area contributed by atoms with Crippen molar-refractivity contribution in [3.05, 3.63) is 59.6 Å². The van der Waals surface area contributed by atoms with Gasteiger partial charge in [-0.2, -0.15) is 0 Å². The molecule has 1 aromatic carbocycles. The fourth-order valence-electron chi connectivity index (χ4n) is 5.45. The summed E-state index contributed by atoms with van der Waals surface area (Å²) in [5.74, 6) is 1.31. The lowest BCUT2D eigenvalue weighted by Gasteiger charge is -2.40. The van der Waals surface area contributed by atoms with E-state index in [0.717, 1.165) is 62.2 Å². The minimum atomic E-state index is -0.675. The second-order valence-electron chi connectivity index (χ2n) is 11.4. The SMILES string of the molecule is C=N/C(=C\C=C(/C)C(=O)N[C@@H]1CCCN(c2cnc(C(N)=O)c(Nc3ccc(OC4CCOCC4)cc3)n2)[C@@H]1C)C1CC1. The van der Waals surface area contributed by atoms with Gasteiger partial charge in [-0.15, -0.1) is 0 Å². The van der Waals surface area contributed by atoms with E-state index in [1.165, 1.54) is 0 Å². The highest BCUT2D eigenvalue weighted by Crippen LogP contribution is 2.37. The van der Waals surface area contributed by atoms with Gasteiger partial charge in [0.25, 0.3) is 5.91 Å². The highest BCUT2D eigenvalue weighted by atomic mass is 16.5. The Bertz CT molecular complexity index is 1380. The van der Waals surface area contributed by atoms with Gasteiger partial charge in [-0.25, -0.2) is 9.97 Å². The summed E-state index contributed by atoms with van der Waals surface area (Å²) in [6, 6.07) is 7.35. The number of anilines is 3. The average molecular weight is 588 g/mol. The lowest BCUT2D eigenvalue weighted by atomic mass is 9.97. The average Bonchev–Trinajstić information content (AvgIpc) is 3.85. The minimum absolute atomic E-state index is 0.0502. The van der Waals surface area contributed by atoms with E-state index in [9.17, 15) is 9.59 Å². The fraction of sp³-hybridized carbons (Fsp3) is 0.469. The number of hydrogen-bond donors (Lipinski definition) is 3. The van der Waals surface area contributed by atoms with Crippen molar-refractivity contribution in [1.82, 2.24) is 15.3 Å². The molecule has 3 aliphatic rings. The molecule has 4 N–H and O–H groups in total. The van der Waals surface area contributed by atoms with Crippen LogP contribution < -0.4 is 26.0 Å². The molecule has 1 saturated carbocycles. The predicted octanol–water partition coefficient (Wildman–Crippen LogP) is 4.29. The molecule has 11 nitrogen and oxygen atoms in total. The highest BCUT2D eigenvalue weighted by Gasteiger charge is 2.31. The van der Waals surface area contributed by atoms with Gasteiger partial charge >= 0.3 is 0 Å². The van der Waals surface area contributed by atoms with Gasteiger partial charge in [0, 0.05) is 54.3 Å². The number of aromatic nitrogens is 2. The van der Waals surface area contributed by atoms with Crippen LogP contribution in [0, 0.1) is 5.92 Å². The van der Waals surface area contributed by atoms with E-state index in [1.54, 1.807) is 13.1 Å². The molecule has 5 rings (SSSR count). The lowest BCUT2D eigenvalue weighted by molar-refractivity contribution is -0.118. The van der Waals surface area contributed by atoms with Crippen molar-refractivity contribution in [2.75, 3.05) is 30.0 Å². The van der Waals surface area contributed by atoms with Crippen LogP contribution in [0.2, 0.25) is 0 Å². The molecule has 2 saturated heterocycles. The van der Waals surface area contributed by atoms with Gasteiger partial charge in [0.1, 0.15) is 17.7 Å². The van der Waals surface area contributed by atoms with Gasteiger partial charge in [0.15, 0.2) is 11.5 Å². The first-order chi connectivity index (χ1) is 20.8. The summed E-state index contributed by atoms with van der Waals surface area (Å²) in [7, 11) is 0. The van der Waals surface area contributed by atoms with Crippen molar-refractivity contribution in [1.29, 1.82) is 0 Å². The molecular formula is C32H41N7O4. The number of carbonyl (C=O) groups excluding carboxylic acids is 2. The summed E-state index contributed by atoms with van der Waals surface area (Å²) >= 11 is 0. The van der Waals surface area contributed by atoms with E-state index in [0.29, 0.717) is 30.5 Å². The van der Waals surface area contributed by atoms with Crippen molar-refractivity contribution < 1.29 is 19.1 Å². The summed E-state index contributed by atoms with van der Waals surface area (Å²) in [6.45, 7) is 9.67. The van der Waals surface area contributed by atoms with E-state index in [-0.39, 0.29) is 35.6 Å². The van der Waals surface area contributed by atoms with Crippen LogP contribution in [0.5, 0.6) is 5.75 Å². The number of rotatable bonds is 11. The van der Waals surface area contributed by atoms with Gasteiger partial charge in [-0.1, -0.05) is 6.08 Å². The normalized spacial score (nSPS) is 21.7. The summed E-state index contributed by atoms with van der Waals surface area (Å²) in [5.41, 5.74) is 7.96. The molecule has 2 aliphatic heterocycles. The molecule has 2 amide bonds. The Balaban J connectivity index is 1.26. The molecule has 43 heavy (non-hydrogen) atoms. The predicted molar refractivity (Wildman–Crippen MR) is 167 cm³/mol. The monoisotopic (exact) mass is 587 g/mol. The number of nitrogens with zero attached hydrogens (tertiary/aromatic N) is 4. The molecule has 11 heteroatoms. The Hall–Kier alpha value is -4.25. The van der Waals surface area contributed by atoms with Gasteiger partial charge in [-0.3, -0.25) is 14.6 Å². The number of benzene rings is 1. The van der Waals surface area contributed by atoms with Crippen LogP contribution in [-0.2, 0) is 9.53 Å². The maximum absolute atomic E-state index is 13.0. The maximum Gasteiger partial charge on any atom is 0.271 e. The molecule has 0 radical (unpaired) electrons. The van der Waals surface area contributed by atoms with Crippen LogP contribution in [0.15, 0.2) is 58.9 Å². The molecule has 1 aliphatic carbocycles. The van der Waals surface area contributed by atoms with Gasteiger partial charge < -0.3 is 30.7 Å². The molecule has 228 valence electrons. The summed E-state index contributed by atoms with van der Waals surface area (Å²) in [5, 5.41) is 6.40. The minimum Gasteiger partial charge on any atom is -0.490 e. The number of nitrogens with two attached hydrogens (primary N) is 1. The number of hydrogen-bond acceptors (Lipinski definition) is 9. The van der Waals surface area contributed by atoms with Crippen molar-refractivity contribution in [3.63, 3.8) is 0 Å². The smallest absolute Gasteiger partial charge is 0.271 e. The van der Waals surface area contributed by atoms with Gasteiger partial charge in [-0.05, 0) is 76.6 Å². The number of amides is 2. The summed E-state index contributed by atoms with van der Waals surface area (Å²) in [4.78, 5) is 40.6. The quantitative estimate of drug-likeness (QED) is 0.201. The van der Waals surface area contributed by atoms with Crippen LogP contribution >= 0.6 is 0 Å². The van der Waals surface area contributed by atoms with Crippen LogP contribution in [0.1, 0.15) is 62.9 Å². The third-order valence-corrected chi connectivity index (χ3v) is 8.22. The molecule has 3 heterocycles. The first-order valence-corrected chi connectivity index (χ1v) is 15.0. The Morgan fingerprint density at radius 1 is 1.14 bits per heavy atom. The zero-order valence-corrected chi connectivity index (χ0v) is 24.9. The third-order valence-electron chi connectivity index (χ3n) is 8.22. The Kier molecular flexibility index (Phi) is 9.71. The third kappa shape index (κ3) is 7.78. The standard InChI is InChI=1S/C32H41N7O4/c1-20(6-13-27(34-3)22-7-8-22)32(41)37-26-5-4-16-39(21(26)2)28-19-35-29(30(33)40)31(38-28)36-23-9-11-24(12-10-23)43-25-14-17-42-18-15-25/h6,9-13,19,21-22,25-26H,3-5,7-8,14-18H2,1-2H3,(H2,33,40)(H,36,38)(H,37,41)/b20-6+,27-13-/t21-,26-/m1/s1. The lowest BCUT2D eigenvalue weighted by Crippen LogP contribution is -2.54. The van der Waals surface area contributed by atoms with E-state index in [2.05, 4.69) is 39.2 Å². The van der Waals surface area contributed by atoms with Crippen LogP contribution in [0.25, 0.3) is 0 Å². The summed E-state index contributed by atoms with van der Waals surface area (Å²) in [6.07, 6.45) is 11.1. The fourth-order valence-corrected chi connectivity index (χ4v) is 5.45. The van der Waals surface area contributed by atoms with E-state index < -0.39 is 5.91 Å². The molecule has 0 bridgehead atoms. The molecule has 0 spiro atoms. The Labute approximate surface area is 252 Å². The Morgan fingerprint density at radius 2 is 1.88 bits per heavy atom. The summed E-state index contributed by atoms with van der Waals surface area (Å²) < 4.78 is 11.5. The number of piperidine rings is 1. The number of primary amides is 1. The molecule has 2 aromatic rings. The van der Waals surface area contributed by atoms with E-state index in [1.807, 2.05) is 36.4 Å². The number of nitrogens with one attached hydrogen (secondary N) is 2. The number of aliphatic imine (C=N–C) groups is 1. The van der Waals surface area contributed by atoms with Crippen molar-refractivity contribution >= 4 is 35.9 Å². The second-order valence-corrected chi connectivity index (χ2v) is 11.4. The Morgan fingerprint density at radius 3 is 2.56 bits per heavy atom. The number of ether oxygens (including phenoxy) is 2. The first-order valence-electron chi connectivity index (χ1n) is 15.0.